The fourth-order valence-electron chi connectivity index (χ4n) is 2.54. The number of nitrogens with zero attached hydrogens (tertiary/aromatic N) is 1. The van der Waals surface area contributed by atoms with Crippen LogP contribution in [0.4, 0.5) is 5.69 Å². The molecule has 108 valence electrons. The SMILES string of the molecule is CC(C)(C)C(N)c1ccc(N2CCCCC2)cc1.Cl. The van der Waals surface area contributed by atoms with Gasteiger partial charge < -0.3 is 10.6 Å². The molecule has 0 spiro atoms. The minimum atomic E-state index is 0. The highest BCUT2D eigenvalue weighted by molar-refractivity contribution is 5.85. The van der Waals surface area contributed by atoms with Gasteiger partial charge in [0.05, 0.1) is 0 Å². The summed E-state index contributed by atoms with van der Waals surface area (Å²) < 4.78 is 0. The van der Waals surface area contributed by atoms with E-state index < -0.39 is 0 Å². The quantitative estimate of drug-likeness (QED) is 0.883. The molecule has 0 aromatic heterocycles. The minimum Gasteiger partial charge on any atom is -0.372 e. The number of nitrogens with two attached hydrogens (primary N) is 1. The first kappa shape index (κ1) is 16.3. The van der Waals surface area contributed by atoms with E-state index >= 15 is 0 Å². The van der Waals surface area contributed by atoms with Gasteiger partial charge in [-0.2, -0.15) is 0 Å². The number of piperidine rings is 1. The topological polar surface area (TPSA) is 29.3 Å². The maximum Gasteiger partial charge on any atom is 0.0366 e. The average Bonchev–Trinajstić information content (AvgIpc) is 2.38. The molecular weight excluding hydrogens is 256 g/mol. The third-order valence-corrected chi connectivity index (χ3v) is 3.91. The Hall–Kier alpha value is -0.730. The molecule has 1 aliphatic rings. The van der Waals surface area contributed by atoms with Crippen LogP contribution in [0.2, 0.25) is 0 Å². The van der Waals surface area contributed by atoms with Crippen molar-refractivity contribution < 1.29 is 0 Å². The number of benzene rings is 1. The summed E-state index contributed by atoms with van der Waals surface area (Å²) in [5.41, 5.74) is 8.99. The van der Waals surface area contributed by atoms with Gasteiger partial charge in [-0.15, -0.1) is 12.4 Å². The van der Waals surface area contributed by atoms with E-state index in [1.807, 2.05) is 0 Å². The van der Waals surface area contributed by atoms with Crippen molar-refractivity contribution in [3.8, 4) is 0 Å². The Morgan fingerprint density at radius 2 is 1.53 bits per heavy atom. The zero-order chi connectivity index (χ0) is 13.2. The summed E-state index contributed by atoms with van der Waals surface area (Å²) in [5, 5.41) is 0. The van der Waals surface area contributed by atoms with Gasteiger partial charge in [0.2, 0.25) is 0 Å². The lowest BCUT2D eigenvalue weighted by molar-refractivity contribution is 0.327. The molecule has 0 radical (unpaired) electrons. The highest BCUT2D eigenvalue weighted by Gasteiger charge is 2.22. The molecule has 1 aromatic carbocycles. The zero-order valence-electron chi connectivity index (χ0n) is 12.4. The van der Waals surface area contributed by atoms with Crippen LogP contribution in [0.15, 0.2) is 24.3 Å². The number of rotatable bonds is 2. The van der Waals surface area contributed by atoms with Crippen molar-refractivity contribution in [2.45, 2.75) is 46.1 Å². The van der Waals surface area contributed by atoms with Gasteiger partial charge in [0.15, 0.2) is 0 Å². The summed E-state index contributed by atoms with van der Waals surface area (Å²) in [5.74, 6) is 0. The molecule has 1 fully saturated rings. The molecule has 2 rings (SSSR count). The standard InChI is InChI=1S/C16H26N2.ClH/c1-16(2,3)15(17)13-7-9-14(10-8-13)18-11-5-4-6-12-18;/h7-10,15H,4-6,11-12,17H2,1-3H3;1H. The molecular formula is C16H27ClN2. The van der Waals surface area contributed by atoms with Gasteiger partial charge in [0, 0.05) is 24.8 Å². The monoisotopic (exact) mass is 282 g/mol. The molecule has 19 heavy (non-hydrogen) atoms. The molecule has 1 heterocycles. The Morgan fingerprint density at radius 1 is 1.00 bits per heavy atom. The van der Waals surface area contributed by atoms with Gasteiger partial charge in [0.25, 0.3) is 0 Å². The lowest BCUT2D eigenvalue weighted by Crippen LogP contribution is -2.29. The van der Waals surface area contributed by atoms with Crippen molar-refractivity contribution in [1.82, 2.24) is 0 Å². The molecule has 0 saturated carbocycles. The maximum atomic E-state index is 6.29. The predicted molar refractivity (Wildman–Crippen MR) is 86.1 cm³/mol. The van der Waals surface area contributed by atoms with Crippen LogP contribution >= 0.6 is 12.4 Å². The van der Waals surface area contributed by atoms with Gasteiger partial charge in [-0.05, 0) is 42.4 Å². The van der Waals surface area contributed by atoms with Gasteiger partial charge in [-0.1, -0.05) is 32.9 Å². The van der Waals surface area contributed by atoms with Gasteiger partial charge >= 0.3 is 0 Å². The van der Waals surface area contributed by atoms with E-state index in [4.69, 9.17) is 5.73 Å². The van der Waals surface area contributed by atoms with Crippen molar-refractivity contribution in [2.24, 2.45) is 11.1 Å². The second-order valence-corrected chi connectivity index (χ2v) is 6.48. The molecule has 0 aliphatic carbocycles. The van der Waals surface area contributed by atoms with E-state index in [-0.39, 0.29) is 23.9 Å². The van der Waals surface area contributed by atoms with Gasteiger partial charge in [-0.25, -0.2) is 0 Å². The van der Waals surface area contributed by atoms with E-state index in [0.29, 0.717) is 0 Å². The molecule has 1 aromatic rings. The van der Waals surface area contributed by atoms with Gasteiger partial charge in [-0.3, -0.25) is 0 Å². The van der Waals surface area contributed by atoms with Crippen LogP contribution in [0, 0.1) is 5.41 Å². The molecule has 0 amide bonds. The summed E-state index contributed by atoms with van der Waals surface area (Å²) in [6.45, 7) is 8.97. The highest BCUT2D eigenvalue weighted by atomic mass is 35.5. The van der Waals surface area contributed by atoms with E-state index in [2.05, 4.69) is 49.9 Å². The van der Waals surface area contributed by atoms with E-state index in [9.17, 15) is 0 Å². The van der Waals surface area contributed by atoms with Crippen molar-refractivity contribution in [3.05, 3.63) is 29.8 Å². The zero-order valence-corrected chi connectivity index (χ0v) is 13.2. The van der Waals surface area contributed by atoms with Crippen LogP contribution in [-0.2, 0) is 0 Å². The largest absolute Gasteiger partial charge is 0.372 e. The highest BCUT2D eigenvalue weighted by Crippen LogP contribution is 2.31. The van der Waals surface area contributed by atoms with E-state index in [1.165, 1.54) is 43.6 Å². The number of hydrogen-bond donors (Lipinski definition) is 1. The molecule has 2 N–H and O–H groups in total. The van der Waals surface area contributed by atoms with Crippen LogP contribution in [-0.4, -0.2) is 13.1 Å². The van der Waals surface area contributed by atoms with Crippen molar-refractivity contribution in [2.75, 3.05) is 18.0 Å². The van der Waals surface area contributed by atoms with Crippen LogP contribution in [0.5, 0.6) is 0 Å². The summed E-state index contributed by atoms with van der Waals surface area (Å²) >= 11 is 0. The Balaban J connectivity index is 0.00000180. The molecule has 1 unspecified atom stereocenters. The van der Waals surface area contributed by atoms with Gasteiger partial charge in [0.1, 0.15) is 0 Å². The molecule has 1 aliphatic heterocycles. The van der Waals surface area contributed by atoms with E-state index in [0.717, 1.165) is 0 Å². The molecule has 1 atom stereocenters. The Labute approximate surface area is 123 Å². The average molecular weight is 283 g/mol. The molecule has 3 heteroatoms. The third kappa shape index (κ3) is 4.12. The van der Waals surface area contributed by atoms with Crippen molar-refractivity contribution in [1.29, 1.82) is 0 Å². The Bertz CT molecular complexity index is 375. The Morgan fingerprint density at radius 3 is 2.00 bits per heavy atom. The summed E-state index contributed by atoms with van der Waals surface area (Å²) in [7, 11) is 0. The number of hydrogen-bond acceptors (Lipinski definition) is 2. The molecule has 1 saturated heterocycles. The third-order valence-electron chi connectivity index (χ3n) is 3.91. The number of anilines is 1. The summed E-state index contributed by atoms with van der Waals surface area (Å²) in [4.78, 5) is 2.48. The number of halogens is 1. The first-order valence-electron chi connectivity index (χ1n) is 7.09. The summed E-state index contributed by atoms with van der Waals surface area (Å²) in [6, 6.07) is 8.95. The first-order chi connectivity index (χ1) is 8.48. The molecule has 2 nitrogen and oxygen atoms in total. The summed E-state index contributed by atoms with van der Waals surface area (Å²) in [6.07, 6.45) is 4.02. The van der Waals surface area contributed by atoms with E-state index in [1.54, 1.807) is 0 Å². The first-order valence-corrected chi connectivity index (χ1v) is 7.09. The van der Waals surface area contributed by atoms with Crippen LogP contribution in [0.1, 0.15) is 51.6 Å². The van der Waals surface area contributed by atoms with Crippen molar-refractivity contribution in [3.63, 3.8) is 0 Å². The van der Waals surface area contributed by atoms with Crippen molar-refractivity contribution >= 4 is 18.1 Å². The lowest BCUT2D eigenvalue weighted by atomic mass is 9.83. The Kier molecular flexibility index (Phi) is 5.69. The minimum absolute atomic E-state index is 0. The second kappa shape index (κ2) is 6.62. The fraction of sp³-hybridized carbons (Fsp3) is 0.625. The normalized spacial score (nSPS) is 17.8. The molecule has 0 bridgehead atoms. The predicted octanol–water partition coefficient (Wildman–Crippen LogP) is 4.14. The second-order valence-electron chi connectivity index (χ2n) is 6.48. The lowest BCUT2D eigenvalue weighted by Gasteiger charge is -2.30. The fourth-order valence-corrected chi connectivity index (χ4v) is 2.54. The van der Waals surface area contributed by atoms with Crippen LogP contribution < -0.4 is 10.6 Å². The van der Waals surface area contributed by atoms with Crippen LogP contribution in [0.25, 0.3) is 0 Å². The van der Waals surface area contributed by atoms with Crippen LogP contribution in [0.3, 0.4) is 0 Å². The maximum absolute atomic E-state index is 6.29. The smallest absolute Gasteiger partial charge is 0.0366 e.